The summed E-state index contributed by atoms with van der Waals surface area (Å²) in [7, 11) is 3.38. The summed E-state index contributed by atoms with van der Waals surface area (Å²) in [5.74, 6) is 1.16. The molecule has 2 heterocycles. The lowest BCUT2D eigenvalue weighted by molar-refractivity contribution is -0.135. The van der Waals surface area contributed by atoms with Crippen LogP contribution in [0.2, 0.25) is 0 Å². The Labute approximate surface area is 175 Å². The average molecular weight is 406 g/mol. The number of imidazole rings is 1. The minimum absolute atomic E-state index is 0.0333. The molecule has 1 saturated heterocycles. The van der Waals surface area contributed by atoms with E-state index in [1.54, 1.807) is 24.0 Å². The topological polar surface area (TPSA) is 67.7 Å². The second-order valence-electron chi connectivity index (χ2n) is 7.56. The maximum absolute atomic E-state index is 13.1. The number of carbonyl (C=O) groups excluding carboxylic acids is 2. The zero-order valence-electron chi connectivity index (χ0n) is 17.5. The molecule has 1 aromatic heterocycles. The van der Waals surface area contributed by atoms with Gasteiger partial charge in [0.05, 0.1) is 30.6 Å². The van der Waals surface area contributed by atoms with Gasteiger partial charge in [-0.1, -0.05) is 12.1 Å². The van der Waals surface area contributed by atoms with Crippen LogP contribution in [0.5, 0.6) is 5.75 Å². The molecule has 0 radical (unpaired) electrons. The number of anilines is 1. The third-order valence-electron chi connectivity index (χ3n) is 5.66. The van der Waals surface area contributed by atoms with Crippen LogP contribution in [0.15, 0.2) is 48.5 Å². The second-order valence-corrected chi connectivity index (χ2v) is 7.56. The van der Waals surface area contributed by atoms with Gasteiger partial charge < -0.3 is 19.1 Å². The van der Waals surface area contributed by atoms with Gasteiger partial charge in [-0.15, -0.1) is 0 Å². The highest BCUT2D eigenvalue weighted by Crippen LogP contribution is 2.28. The van der Waals surface area contributed by atoms with Crippen molar-refractivity contribution in [3.8, 4) is 5.75 Å². The van der Waals surface area contributed by atoms with Gasteiger partial charge in [-0.05, 0) is 43.3 Å². The standard InChI is InChI=1S/C23H26N4O3/c1-4-26-20-8-6-5-7-19(20)24-21(26)15-25(2)23(29)16-13-22(28)27(14-16)17-9-11-18(30-3)12-10-17/h5-12,16H,4,13-15H2,1-3H3. The number of hydrogen-bond acceptors (Lipinski definition) is 4. The minimum atomic E-state index is -0.357. The SMILES string of the molecule is CCn1c(CN(C)C(=O)C2CC(=O)N(c3ccc(OC)cc3)C2)nc2ccccc21. The Balaban J connectivity index is 1.47. The van der Waals surface area contributed by atoms with Gasteiger partial charge >= 0.3 is 0 Å². The molecule has 1 aliphatic heterocycles. The predicted molar refractivity (Wildman–Crippen MR) is 115 cm³/mol. The van der Waals surface area contributed by atoms with Gasteiger partial charge in [-0.25, -0.2) is 4.98 Å². The maximum Gasteiger partial charge on any atom is 0.228 e. The number of amides is 2. The van der Waals surface area contributed by atoms with Crippen LogP contribution < -0.4 is 9.64 Å². The first kappa shape index (κ1) is 19.9. The molecule has 7 heteroatoms. The van der Waals surface area contributed by atoms with E-state index in [-0.39, 0.29) is 24.2 Å². The molecule has 3 aromatic rings. The van der Waals surface area contributed by atoms with Gasteiger partial charge in [0.2, 0.25) is 11.8 Å². The average Bonchev–Trinajstić information content (AvgIpc) is 3.32. The van der Waals surface area contributed by atoms with Crippen LogP contribution in [0, 0.1) is 5.92 Å². The second kappa shape index (κ2) is 8.18. The molecule has 0 N–H and O–H groups in total. The summed E-state index contributed by atoms with van der Waals surface area (Å²) >= 11 is 0. The summed E-state index contributed by atoms with van der Waals surface area (Å²) in [4.78, 5) is 33.7. The van der Waals surface area contributed by atoms with Crippen molar-refractivity contribution >= 4 is 28.5 Å². The highest BCUT2D eigenvalue weighted by Gasteiger charge is 2.36. The number of aryl methyl sites for hydroxylation is 1. The summed E-state index contributed by atoms with van der Waals surface area (Å²) in [6.07, 6.45) is 0.222. The molecular weight excluding hydrogens is 380 g/mol. The van der Waals surface area contributed by atoms with Crippen molar-refractivity contribution < 1.29 is 14.3 Å². The zero-order chi connectivity index (χ0) is 21.3. The predicted octanol–water partition coefficient (Wildman–Crippen LogP) is 3.08. The number of aromatic nitrogens is 2. The fraction of sp³-hybridized carbons (Fsp3) is 0.348. The van der Waals surface area contributed by atoms with Crippen LogP contribution in [-0.4, -0.2) is 47.0 Å². The van der Waals surface area contributed by atoms with E-state index >= 15 is 0 Å². The minimum Gasteiger partial charge on any atom is -0.497 e. The van der Waals surface area contributed by atoms with E-state index in [9.17, 15) is 9.59 Å². The number of methoxy groups -OCH3 is 1. The number of fused-ring (bicyclic) bond motifs is 1. The highest BCUT2D eigenvalue weighted by atomic mass is 16.5. The number of hydrogen-bond donors (Lipinski definition) is 0. The van der Waals surface area contributed by atoms with Gasteiger partial charge in [0.1, 0.15) is 11.6 Å². The lowest BCUT2D eigenvalue weighted by atomic mass is 10.1. The molecule has 1 aliphatic rings. The van der Waals surface area contributed by atoms with Gasteiger partial charge in [-0.3, -0.25) is 9.59 Å². The number of ether oxygens (including phenoxy) is 1. The lowest BCUT2D eigenvalue weighted by Crippen LogP contribution is -2.35. The fourth-order valence-corrected chi connectivity index (χ4v) is 4.09. The summed E-state index contributed by atoms with van der Waals surface area (Å²) in [6.45, 7) is 3.65. The summed E-state index contributed by atoms with van der Waals surface area (Å²) in [5.41, 5.74) is 2.78. The largest absolute Gasteiger partial charge is 0.497 e. The molecule has 1 fully saturated rings. The van der Waals surface area contributed by atoms with Crippen molar-refractivity contribution in [3.63, 3.8) is 0 Å². The summed E-state index contributed by atoms with van der Waals surface area (Å²) in [6, 6.07) is 15.3. The van der Waals surface area contributed by atoms with Crippen molar-refractivity contribution in [2.45, 2.75) is 26.4 Å². The molecule has 1 atom stereocenters. The third-order valence-corrected chi connectivity index (χ3v) is 5.66. The molecular formula is C23H26N4O3. The Bertz CT molecular complexity index is 1070. The van der Waals surface area contributed by atoms with E-state index < -0.39 is 0 Å². The van der Waals surface area contributed by atoms with Crippen LogP contribution in [0.25, 0.3) is 11.0 Å². The molecule has 0 spiro atoms. The molecule has 7 nitrogen and oxygen atoms in total. The molecule has 0 saturated carbocycles. The first-order valence-electron chi connectivity index (χ1n) is 10.1. The van der Waals surface area contributed by atoms with Crippen molar-refractivity contribution in [3.05, 3.63) is 54.4 Å². The smallest absolute Gasteiger partial charge is 0.228 e. The van der Waals surface area contributed by atoms with Crippen molar-refractivity contribution in [1.29, 1.82) is 0 Å². The third kappa shape index (κ3) is 3.63. The molecule has 2 amide bonds. The van der Waals surface area contributed by atoms with Gasteiger partial charge in [0.15, 0.2) is 0 Å². The van der Waals surface area contributed by atoms with Crippen LogP contribution in [0.3, 0.4) is 0 Å². The normalized spacial score (nSPS) is 16.3. The van der Waals surface area contributed by atoms with E-state index in [0.717, 1.165) is 34.8 Å². The van der Waals surface area contributed by atoms with Gasteiger partial charge in [0.25, 0.3) is 0 Å². The molecule has 0 bridgehead atoms. The molecule has 4 rings (SSSR count). The number of carbonyl (C=O) groups is 2. The monoisotopic (exact) mass is 406 g/mol. The fourth-order valence-electron chi connectivity index (χ4n) is 4.09. The summed E-state index contributed by atoms with van der Waals surface area (Å²) in [5, 5.41) is 0. The van der Waals surface area contributed by atoms with Crippen LogP contribution >= 0.6 is 0 Å². The zero-order valence-corrected chi connectivity index (χ0v) is 17.5. The first-order valence-corrected chi connectivity index (χ1v) is 10.1. The molecule has 2 aromatic carbocycles. The van der Waals surface area contributed by atoms with E-state index in [0.29, 0.717) is 13.1 Å². The van der Waals surface area contributed by atoms with Gasteiger partial charge in [0, 0.05) is 32.2 Å². The van der Waals surface area contributed by atoms with Gasteiger partial charge in [-0.2, -0.15) is 0 Å². The van der Waals surface area contributed by atoms with Crippen molar-refractivity contribution in [2.75, 3.05) is 25.6 Å². The van der Waals surface area contributed by atoms with E-state index in [1.807, 2.05) is 48.5 Å². The van der Waals surface area contributed by atoms with E-state index in [2.05, 4.69) is 11.5 Å². The number of benzene rings is 2. The molecule has 30 heavy (non-hydrogen) atoms. The number of nitrogens with zero attached hydrogens (tertiary/aromatic N) is 4. The molecule has 1 unspecified atom stereocenters. The Morgan fingerprint density at radius 2 is 1.93 bits per heavy atom. The van der Waals surface area contributed by atoms with E-state index in [4.69, 9.17) is 9.72 Å². The maximum atomic E-state index is 13.1. The Hall–Kier alpha value is -3.35. The van der Waals surface area contributed by atoms with Crippen LogP contribution in [0.4, 0.5) is 5.69 Å². The van der Waals surface area contributed by atoms with Crippen LogP contribution in [-0.2, 0) is 22.7 Å². The Morgan fingerprint density at radius 3 is 2.63 bits per heavy atom. The molecule has 0 aliphatic carbocycles. The summed E-state index contributed by atoms with van der Waals surface area (Å²) < 4.78 is 7.30. The molecule has 156 valence electrons. The Morgan fingerprint density at radius 1 is 1.20 bits per heavy atom. The van der Waals surface area contributed by atoms with Crippen molar-refractivity contribution in [1.82, 2.24) is 14.5 Å². The quantitative estimate of drug-likeness (QED) is 0.631. The number of para-hydroxylation sites is 2. The number of rotatable bonds is 6. The lowest BCUT2D eigenvalue weighted by Gasteiger charge is -2.21. The van der Waals surface area contributed by atoms with Crippen LogP contribution in [0.1, 0.15) is 19.2 Å². The first-order chi connectivity index (χ1) is 14.5. The highest BCUT2D eigenvalue weighted by molar-refractivity contribution is 6.00. The Kier molecular flexibility index (Phi) is 5.44. The van der Waals surface area contributed by atoms with Crippen molar-refractivity contribution in [2.24, 2.45) is 5.92 Å². The van der Waals surface area contributed by atoms with E-state index in [1.165, 1.54) is 0 Å².